The van der Waals surface area contributed by atoms with Gasteiger partial charge in [-0.25, -0.2) is 0 Å². The third kappa shape index (κ3) is 7.01. The summed E-state index contributed by atoms with van der Waals surface area (Å²) in [6.45, 7) is 8.68. The molecule has 0 saturated carbocycles. The van der Waals surface area contributed by atoms with Crippen molar-refractivity contribution >= 4 is 17.4 Å². The van der Waals surface area contributed by atoms with Crippen LogP contribution in [0.5, 0.6) is 17.2 Å². The van der Waals surface area contributed by atoms with E-state index in [0.29, 0.717) is 74.5 Å². The van der Waals surface area contributed by atoms with Gasteiger partial charge < -0.3 is 29.0 Å². The van der Waals surface area contributed by atoms with Crippen LogP contribution in [0, 0.1) is 0 Å². The zero-order chi connectivity index (χ0) is 30.2. The molecule has 0 spiro atoms. The minimum absolute atomic E-state index is 0.0385. The highest BCUT2D eigenvalue weighted by atomic mass is 16.5. The van der Waals surface area contributed by atoms with Crippen LogP contribution in [0.15, 0.2) is 78.4 Å². The Bertz CT molecular complexity index is 1430. The van der Waals surface area contributed by atoms with Crippen LogP contribution in [0.2, 0.25) is 0 Å². The summed E-state index contributed by atoms with van der Waals surface area (Å²) in [4.78, 5) is 30.8. The van der Waals surface area contributed by atoms with E-state index in [4.69, 9.17) is 18.9 Å². The molecule has 43 heavy (non-hydrogen) atoms. The van der Waals surface area contributed by atoms with Crippen LogP contribution in [0.1, 0.15) is 36.6 Å². The van der Waals surface area contributed by atoms with Gasteiger partial charge in [0.1, 0.15) is 18.1 Å². The molecule has 0 radical (unpaired) electrons. The van der Waals surface area contributed by atoms with Crippen molar-refractivity contribution in [2.45, 2.75) is 26.5 Å². The van der Waals surface area contributed by atoms with Gasteiger partial charge in [0.25, 0.3) is 11.7 Å². The molecule has 5 rings (SSSR count). The van der Waals surface area contributed by atoms with Crippen LogP contribution in [-0.4, -0.2) is 79.2 Å². The second-order valence-corrected chi connectivity index (χ2v) is 10.3. The molecule has 9 heteroatoms. The fraction of sp³-hybridized carbons (Fsp3) is 0.353. The lowest BCUT2D eigenvalue weighted by atomic mass is 9.95. The van der Waals surface area contributed by atoms with E-state index in [-0.39, 0.29) is 11.3 Å². The van der Waals surface area contributed by atoms with E-state index in [2.05, 4.69) is 4.90 Å². The molecule has 1 N–H and O–H groups in total. The molecule has 1 amide bonds. The van der Waals surface area contributed by atoms with Crippen LogP contribution in [-0.2, 0) is 20.9 Å². The number of nitrogens with zero attached hydrogens (tertiary/aromatic N) is 2. The molecule has 3 aromatic carbocycles. The number of hydrogen-bond acceptors (Lipinski definition) is 8. The van der Waals surface area contributed by atoms with Gasteiger partial charge in [-0.3, -0.25) is 14.5 Å². The van der Waals surface area contributed by atoms with Gasteiger partial charge in [0.2, 0.25) is 0 Å². The Labute approximate surface area is 252 Å². The predicted molar refractivity (Wildman–Crippen MR) is 162 cm³/mol. The first-order valence-electron chi connectivity index (χ1n) is 14.7. The molecule has 1 atom stereocenters. The van der Waals surface area contributed by atoms with Gasteiger partial charge in [0.15, 0.2) is 11.5 Å². The number of Topliss-reactive ketones (excluding diaryl/α,β-unsaturated/α-hetero) is 1. The second-order valence-electron chi connectivity index (χ2n) is 10.3. The summed E-state index contributed by atoms with van der Waals surface area (Å²) >= 11 is 0. The highest BCUT2D eigenvalue weighted by Gasteiger charge is 2.46. The van der Waals surface area contributed by atoms with Crippen molar-refractivity contribution in [2.24, 2.45) is 0 Å². The zero-order valence-corrected chi connectivity index (χ0v) is 24.7. The topological polar surface area (TPSA) is 97.8 Å². The lowest BCUT2D eigenvalue weighted by Crippen LogP contribution is -2.42. The lowest BCUT2D eigenvalue weighted by Gasteiger charge is -2.31. The standard InChI is InChI=1S/C34H38N2O7/c1-3-41-27-13-10-25(11-14-27)32(37)30-31(36(34(39)33(30)38)17-16-35-18-20-40-21-19-35)26-12-15-28(29(22-26)42-4-2)43-23-24-8-6-5-7-9-24/h5-15,22,31,37H,3-4,16-21,23H2,1-2H3. The van der Waals surface area contributed by atoms with Crippen molar-refractivity contribution in [3.8, 4) is 17.2 Å². The molecule has 0 aliphatic carbocycles. The third-order valence-corrected chi connectivity index (χ3v) is 7.56. The number of morpholine rings is 1. The molecule has 2 saturated heterocycles. The summed E-state index contributed by atoms with van der Waals surface area (Å²) in [5.41, 5.74) is 2.12. The van der Waals surface area contributed by atoms with E-state index >= 15 is 0 Å². The summed E-state index contributed by atoms with van der Waals surface area (Å²) in [5, 5.41) is 11.5. The van der Waals surface area contributed by atoms with Crippen molar-refractivity contribution in [3.05, 3.63) is 95.1 Å². The molecule has 2 fully saturated rings. The molecule has 226 valence electrons. The van der Waals surface area contributed by atoms with Crippen molar-refractivity contribution in [1.29, 1.82) is 0 Å². The average molecular weight is 587 g/mol. The normalized spacial score (nSPS) is 18.6. The van der Waals surface area contributed by atoms with Gasteiger partial charge in [-0.05, 0) is 61.4 Å². The van der Waals surface area contributed by atoms with Gasteiger partial charge in [-0.2, -0.15) is 0 Å². The number of aliphatic hydroxyl groups is 1. The van der Waals surface area contributed by atoms with E-state index in [0.717, 1.165) is 18.7 Å². The largest absolute Gasteiger partial charge is 0.507 e. The van der Waals surface area contributed by atoms with E-state index in [1.807, 2.05) is 50.2 Å². The maximum Gasteiger partial charge on any atom is 0.295 e. The fourth-order valence-corrected chi connectivity index (χ4v) is 5.38. The van der Waals surface area contributed by atoms with E-state index in [1.165, 1.54) is 0 Å². The molecule has 9 nitrogen and oxygen atoms in total. The number of ether oxygens (including phenoxy) is 4. The van der Waals surface area contributed by atoms with E-state index in [9.17, 15) is 14.7 Å². The number of rotatable bonds is 12. The van der Waals surface area contributed by atoms with Crippen LogP contribution in [0.25, 0.3) is 5.76 Å². The summed E-state index contributed by atoms with van der Waals surface area (Å²) in [6, 6.07) is 21.3. The van der Waals surface area contributed by atoms with Gasteiger partial charge >= 0.3 is 0 Å². The van der Waals surface area contributed by atoms with Crippen LogP contribution >= 0.6 is 0 Å². The molecule has 0 bridgehead atoms. The monoisotopic (exact) mass is 586 g/mol. The first-order chi connectivity index (χ1) is 21.0. The minimum Gasteiger partial charge on any atom is -0.507 e. The highest BCUT2D eigenvalue weighted by molar-refractivity contribution is 6.46. The summed E-state index contributed by atoms with van der Waals surface area (Å²) in [7, 11) is 0. The molecule has 2 heterocycles. The molecular formula is C34H38N2O7. The van der Waals surface area contributed by atoms with Gasteiger partial charge in [-0.15, -0.1) is 0 Å². The Morgan fingerprint density at radius 1 is 0.860 bits per heavy atom. The third-order valence-electron chi connectivity index (χ3n) is 7.56. The second kappa shape index (κ2) is 14.2. The zero-order valence-electron chi connectivity index (χ0n) is 24.7. The van der Waals surface area contributed by atoms with Crippen molar-refractivity contribution < 1.29 is 33.6 Å². The molecular weight excluding hydrogens is 548 g/mol. The van der Waals surface area contributed by atoms with Crippen molar-refractivity contribution in [3.63, 3.8) is 0 Å². The van der Waals surface area contributed by atoms with E-state index < -0.39 is 17.7 Å². The quantitative estimate of drug-likeness (QED) is 0.183. The summed E-state index contributed by atoms with van der Waals surface area (Å²) in [6.07, 6.45) is 0. The number of hydrogen-bond donors (Lipinski definition) is 1. The van der Waals surface area contributed by atoms with Gasteiger partial charge in [0.05, 0.1) is 38.0 Å². The number of aliphatic hydroxyl groups excluding tert-OH is 1. The number of ketones is 1. The average Bonchev–Trinajstić information content (AvgIpc) is 3.29. The Morgan fingerprint density at radius 3 is 2.28 bits per heavy atom. The molecule has 2 aliphatic rings. The molecule has 1 unspecified atom stereocenters. The molecule has 3 aromatic rings. The first-order valence-corrected chi connectivity index (χ1v) is 14.7. The SMILES string of the molecule is CCOc1ccc(C(O)=C2C(=O)C(=O)N(CCN3CCOCC3)C2c2ccc(OCc3ccccc3)c(OCC)c2)cc1. The van der Waals surface area contributed by atoms with Crippen molar-refractivity contribution in [2.75, 3.05) is 52.6 Å². The predicted octanol–water partition coefficient (Wildman–Crippen LogP) is 4.82. The van der Waals surface area contributed by atoms with Crippen molar-refractivity contribution in [1.82, 2.24) is 9.80 Å². The number of benzene rings is 3. The number of likely N-dealkylation sites (tertiary alicyclic amines) is 1. The lowest BCUT2D eigenvalue weighted by molar-refractivity contribution is -0.140. The summed E-state index contributed by atoms with van der Waals surface area (Å²) in [5.74, 6) is 0.0903. The number of carbonyl (C=O) groups is 2. The number of amides is 1. The highest BCUT2D eigenvalue weighted by Crippen LogP contribution is 2.42. The Kier molecular flexibility index (Phi) is 9.96. The maximum absolute atomic E-state index is 13.5. The van der Waals surface area contributed by atoms with E-state index in [1.54, 1.807) is 41.3 Å². The Balaban J connectivity index is 1.51. The first kappa shape index (κ1) is 30.1. The molecule has 2 aliphatic heterocycles. The molecule has 0 aromatic heterocycles. The van der Waals surface area contributed by atoms with Crippen LogP contribution < -0.4 is 14.2 Å². The summed E-state index contributed by atoms with van der Waals surface area (Å²) < 4.78 is 23.1. The van der Waals surface area contributed by atoms with Gasteiger partial charge in [-0.1, -0.05) is 36.4 Å². The van der Waals surface area contributed by atoms with Gasteiger partial charge in [0, 0.05) is 31.7 Å². The smallest absolute Gasteiger partial charge is 0.295 e. The Morgan fingerprint density at radius 2 is 1.58 bits per heavy atom. The number of carbonyl (C=O) groups excluding carboxylic acids is 2. The Hall–Kier alpha value is -4.34. The fourth-order valence-electron chi connectivity index (χ4n) is 5.38. The van der Waals surface area contributed by atoms with Crippen LogP contribution in [0.3, 0.4) is 0 Å². The van der Waals surface area contributed by atoms with Crippen LogP contribution in [0.4, 0.5) is 0 Å². The maximum atomic E-state index is 13.5. The minimum atomic E-state index is -0.810.